The standard InChI is InChI=1S/C19H21Cl2NO/c1-19(2,3)13-9-7-12(8-10-13)11-14(18(22)23)17-15(20)5-4-6-16(17)21/h4-10,14H,11H2,1-3H3,(H2,22,23). The number of rotatable bonds is 4. The van der Waals surface area contributed by atoms with E-state index in [0.29, 0.717) is 22.0 Å². The summed E-state index contributed by atoms with van der Waals surface area (Å²) in [7, 11) is 0. The van der Waals surface area contributed by atoms with Gasteiger partial charge in [0.1, 0.15) is 0 Å². The van der Waals surface area contributed by atoms with E-state index in [9.17, 15) is 4.79 Å². The van der Waals surface area contributed by atoms with E-state index in [4.69, 9.17) is 28.9 Å². The molecule has 0 saturated carbocycles. The van der Waals surface area contributed by atoms with Crippen molar-refractivity contribution in [2.45, 2.75) is 38.5 Å². The first-order chi connectivity index (χ1) is 10.7. The zero-order chi connectivity index (χ0) is 17.2. The molecule has 4 heteroatoms. The SMILES string of the molecule is CC(C)(C)c1ccc(CC(C(N)=O)c2c(Cl)cccc2Cl)cc1. The normalized spacial score (nSPS) is 12.9. The number of primary amides is 1. The van der Waals surface area contributed by atoms with Crippen LogP contribution in [0.1, 0.15) is 43.4 Å². The highest BCUT2D eigenvalue weighted by molar-refractivity contribution is 6.36. The molecule has 0 aliphatic carbocycles. The van der Waals surface area contributed by atoms with Gasteiger partial charge in [-0.2, -0.15) is 0 Å². The van der Waals surface area contributed by atoms with Gasteiger partial charge in [0.2, 0.25) is 5.91 Å². The second-order valence-corrected chi connectivity index (χ2v) is 7.56. The minimum absolute atomic E-state index is 0.0909. The lowest BCUT2D eigenvalue weighted by Crippen LogP contribution is -2.24. The average molecular weight is 350 g/mol. The Hall–Kier alpha value is -1.51. The summed E-state index contributed by atoms with van der Waals surface area (Å²) in [6.45, 7) is 6.49. The number of nitrogens with two attached hydrogens (primary N) is 1. The number of hydrogen-bond donors (Lipinski definition) is 1. The predicted molar refractivity (Wildman–Crippen MR) is 97.2 cm³/mol. The molecule has 0 fully saturated rings. The van der Waals surface area contributed by atoms with Gasteiger partial charge in [0, 0.05) is 15.6 Å². The molecule has 0 spiro atoms. The van der Waals surface area contributed by atoms with E-state index in [0.717, 1.165) is 5.56 Å². The maximum absolute atomic E-state index is 11.9. The molecule has 0 aliphatic heterocycles. The number of benzene rings is 2. The maximum atomic E-state index is 11.9. The molecule has 2 rings (SSSR count). The quantitative estimate of drug-likeness (QED) is 0.819. The first-order valence-electron chi connectivity index (χ1n) is 7.53. The molecule has 1 amide bonds. The van der Waals surface area contributed by atoms with Crippen molar-refractivity contribution >= 4 is 29.1 Å². The van der Waals surface area contributed by atoms with Crippen LogP contribution >= 0.6 is 23.2 Å². The predicted octanol–water partition coefficient (Wildman–Crippen LogP) is 5.10. The molecule has 2 nitrogen and oxygen atoms in total. The summed E-state index contributed by atoms with van der Waals surface area (Å²) < 4.78 is 0. The van der Waals surface area contributed by atoms with Crippen LogP contribution in [0, 0.1) is 0 Å². The van der Waals surface area contributed by atoms with E-state index in [2.05, 4.69) is 32.9 Å². The summed E-state index contributed by atoms with van der Waals surface area (Å²) in [6.07, 6.45) is 0.475. The topological polar surface area (TPSA) is 43.1 Å². The van der Waals surface area contributed by atoms with Crippen molar-refractivity contribution < 1.29 is 4.79 Å². The fourth-order valence-corrected chi connectivity index (χ4v) is 3.23. The molecule has 0 saturated heterocycles. The molecular formula is C19H21Cl2NO. The van der Waals surface area contributed by atoms with Gasteiger partial charge >= 0.3 is 0 Å². The van der Waals surface area contributed by atoms with Gasteiger partial charge in [-0.25, -0.2) is 0 Å². The van der Waals surface area contributed by atoms with Crippen molar-refractivity contribution in [1.82, 2.24) is 0 Å². The molecule has 122 valence electrons. The number of carbonyl (C=O) groups is 1. The van der Waals surface area contributed by atoms with E-state index in [1.807, 2.05) is 12.1 Å². The lowest BCUT2D eigenvalue weighted by Gasteiger charge is -2.20. The molecular weight excluding hydrogens is 329 g/mol. The molecule has 0 bridgehead atoms. The highest BCUT2D eigenvalue weighted by atomic mass is 35.5. The fraction of sp³-hybridized carbons (Fsp3) is 0.316. The van der Waals surface area contributed by atoms with Crippen LogP contribution in [0.2, 0.25) is 10.0 Å². The van der Waals surface area contributed by atoms with Crippen LogP contribution in [0.3, 0.4) is 0 Å². The van der Waals surface area contributed by atoms with Crippen molar-refractivity contribution in [3.8, 4) is 0 Å². The molecule has 2 N–H and O–H groups in total. The third kappa shape index (κ3) is 4.27. The minimum Gasteiger partial charge on any atom is -0.369 e. The summed E-state index contributed by atoms with van der Waals surface area (Å²) in [5.41, 5.74) is 8.56. The molecule has 1 unspecified atom stereocenters. The smallest absolute Gasteiger partial charge is 0.225 e. The Labute approximate surface area is 147 Å². The van der Waals surface area contributed by atoms with Crippen LogP contribution < -0.4 is 5.73 Å². The zero-order valence-electron chi connectivity index (χ0n) is 13.6. The van der Waals surface area contributed by atoms with Crippen LogP contribution in [-0.4, -0.2) is 5.91 Å². The van der Waals surface area contributed by atoms with Gasteiger partial charge in [-0.15, -0.1) is 0 Å². The van der Waals surface area contributed by atoms with Crippen LogP contribution in [0.4, 0.5) is 0 Å². The lowest BCUT2D eigenvalue weighted by atomic mass is 9.85. The monoisotopic (exact) mass is 349 g/mol. The minimum atomic E-state index is -0.545. The number of amides is 1. The average Bonchev–Trinajstić information content (AvgIpc) is 2.45. The summed E-state index contributed by atoms with van der Waals surface area (Å²) in [6, 6.07) is 13.4. The summed E-state index contributed by atoms with van der Waals surface area (Å²) in [5, 5.41) is 0.931. The second kappa shape index (κ2) is 6.94. The number of halogens is 2. The van der Waals surface area contributed by atoms with E-state index >= 15 is 0 Å². The molecule has 0 heterocycles. The van der Waals surface area contributed by atoms with Gasteiger partial charge in [-0.1, -0.05) is 74.3 Å². The molecule has 23 heavy (non-hydrogen) atoms. The third-order valence-corrected chi connectivity index (χ3v) is 4.61. The molecule has 0 radical (unpaired) electrons. The Bertz CT molecular complexity index is 682. The van der Waals surface area contributed by atoms with Crippen molar-refractivity contribution in [3.63, 3.8) is 0 Å². The van der Waals surface area contributed by atoms with Crippen LogP contribution in [0.15, 0.2) is 42.5 Å². The molecule has 0 aromatic heterocycles. The maximum Gasteiger partial charge on any atom is 0.225 e. The molecule has 2 aromatic rings. The van der Waals surface area contributed by atoms with E-state index in [1.165, 1.54) is 5.56 Å². The Morgan fingerprint density at radius 1 is 1.04 bits per heavy atom. The Kier molecular flexibility index (Phi) is 5.38. The van der Waals surface area contributed by atoms with Crippen LogP contribution in [0.25, 0.3) is 0 Å². The van der Waals surface area contributed by atoms with E-state index in [1.54, 1.807) is 18.2 Å². The third-order valence-electron chi connectivity index (χ3n) is 3.95. The number of hydrogen-bond acceptors (Lipinski definition) is 1. The van der Waals surface area contributed by atoms with E-state index in [-0.39, 0.29) is 5.41 Å². The summed E-state index contributed by atoms with van der Waals surface area (Å²) in [5.74, 6) is -0.975. The highest BCUT2D eigenvalue weighted by Gasteiger charge is 2.24. The first kappa shape index (κ1) is 17.8. The molecule has 1 atom stereocenters. The van der Waals surface area contributed by atoms with Crippen LogP contribution in [0.5, 0.6) is 0 Å². The van der Waals surface area contributed by atoms with Gasteiger partial charge in [-0.05, 0) is 35.1 Å². The lowest BCUT2D eigenvalue weighted by molar-refractivity contribution is -0.119. The van der Waals surface area contributed by atoms with Gasteiger partial charge in [0.25, 0.3) is 0 Å². The Balaban J connectivity index is 2.32. The Morgan fingerprint density at radius 2 is 1.57 bits per heavy atom. The summed E-state index contributed by atoms with van der Waals surface area (Å²) >= 11 is 12.5. The van der Waals surface area contributed by atoms with Crippen molar-refractivity contribution in [2.24, 2.45) is 5.73 Å². The number of carbonyl (C=O) groups excluding carboxylic acids is 1. The van der Waals surface area contributed by atoms with Crippen LogP contribution in [-0.2, 0) is 16.6 Å². The van der Waals surface area contributed by atoms with Crippen molar-refractivity contribution in [2.75, 3.05) is 0 Å². The van der Waals surface area contributed by atoms with Gasteiger partial charge in [-0.3, -0.25) is 4.79 Å². The van der Waals surface area contributed by atoms with E-state index < -0.39 is 11.8 Å². The largest absolute Gasteiger partial charge is 0.369 e. The fourth-order valence-electron chi connectivity index (χ4n) is 2.57. The Morgan fingerprint density at radius 3 is 2.00 bits per heavy atom. The van der Waals surface area contributed by atoms with Gasteiger partial charge in [0.05, 0.1) is 5.92 Å². The van der Waals surface area contributed by atoms with Crippen molar-refractivity contribution in [3.05, 3.63) is 69.2 Å². The summed E-state index contributed by atoms with van der Waals surface area (Å²) in [4.78, 5) is 11.9. The first-order valence-corrected chi connectivity index (χ1v) is 8.28. The van der Waals surface area contributed by atoms with Gasteiger partial charge < -0.3 is 5.73 Å². The van der Waals surface area contributed by atoms with Crippen molar-refractivity contribution in [1.29, 1.82) is 0 Å². The molecule has 0 aliphatic rings. The second-order valence-electron chi connectivity index (χ2n) is 6.74. The zero-order valence-corrected chi connectivity index (χ0v) is 15.1. The highest BCUT2D eigenvalue weighted by Crippen LogP contribution is 2.34. The van der Waals surface area contributed by atoms with Gasteiger partial charge in [0.15, 0.2) is 0 Å². The molecule has 2 aromatic carbocycles.